The number of nitrogens with zero attached hydrogens (tertiary/aromatic N) is 4. The summed E-state index contributed by atoms with van der Waals surface area (Å²) < 4.78 is 17.0. The summed E-state index contributed by atoms with van der Waals surface area (Å²) in [4.78, 5) is 35.8. The van der Waals surface area contributed by atoms with Crippen molar-refractivity contribution in [2.24, 2.45) is 0 Å². The summed E-state index contributed by atoms with van der Waals surface area (Å²) in [6.07, 6.45) is 1.92. The van der Waals surface area contributed by atoms with E-state index in [1.165, 1.54) is 24.6 Å². The number of aromatic nitrogens is 3. The number of ether oxygens (including phenoxy) is 2. The van der Waals surface area contributed by atoms with E-state index >= 15 is 0 Å². The number of anilines is 1. The van der Waals surface area contributed by atoms with E-state index in [4.69, 9.17) is 14.0 Å². The Hall–Kier alpha value is -3.31. The first-order chi connectivity index (χ1) is 17.8. The second kappa shape index (κ2) is 10.8. The molecule has 4 rings (SSSR count). The molecule has 1 saturated carbocycles. The Labute approximate surface area is 230 Å². The van der Waals surface area contributed by atoms with Gasteiger partial charge in [-0.15, -0.1) is 0 Å². The van der Waals surface area contributed by atoms with E-state index < -0.39 is 23.4 Å². The van der Waals surface area contributed by atoms with Gasteiger partial charge in [-0.2, -0.15) is 4.90 Å². The quantitative estimate of drug-likeness (QED) is 0.346. The number of hydrogen-bond acceptors (Lipinski definition) is 9. The number of imide groups is 1. The molecule has 0 spiro atoms. The molecule has 2 amide bonds. The number of hydrogen-bond donors (Lipinski definition) is 1. The highest BCUT2D eigenvalue weighted by molar-refractivity contribution is 9.10. The highest BCUT2D eigenvalue weighted by atomic mass is 79.9. The Balaban J connectivity index is 1.67. The highest BCUT2D eigenvalue weighted by Crippen LogP contribution is 2.33. The topological polar surface area (TPSA) is 120 Å². The smallest absolute Gasteiger partial charge is 0.425 e. The largest absolute Gasteiger partial charge is 0.443 e. The Morgan fingerprint density at radius 3 is 2.21 bits per heavy atom. The predicted molar refractivity (Wildman–Crippen MR) is 145 cm³/mol. The van der Waals surface area contributed by atoms with Crippen molar-refractivity contribution in [1.82, 2.24) is 20.4 Å². The predicted octanol–water partition coefficient (Wildman–Crippen LogP) is 6.49. The van der Waals surface area contributed by atoms with E-state index in [1.807, 2.05) is 24.3 Å². The van der Waals surface area contributed by atoms with Gasteiger partial charge in [-0.3, -0.25) is 0 Å². The maximum Gasteiger partial charge on any atom is 0.425 e. The average molecular weight is 586 g/mol. The molecule has 0 atom stereocenters. The van der Waals surface area contributed by atoms with Crippen molar-refractivity contribution in [3.8, 4) is 22.7 Å². The number of carbonyl (C=O) groups is 2. The van der Waals surface area contributed by atoms with Gasteiger partial charge in [-0.25, -0.2) is 19.6 Å². The first-order valence-corrected chi connectivity index (χ1v) is 13.2. The number of benzene rings is 1. The molecular weight excluding hydrogens is 554 g/mol. The summed E-state index contributed by atoms with van der Waals surface area (Å²) in [5, 5.41) is 7.68. The van der Waals surface area contributed by atoms with Crippen LogP contribution < -0.4 is 10.2 Å². The third-order valence-electron chi connectivity index (χ3n) is 5.25. The number of amides is 2. The van der Waals surface area contributed by atoms with Crippen molar-refractivity contribution in [3.63, 3.8) is 0 Å². The van der Waals surface area contributed by atoms with Gasteiger partial charge in [0.05, 0.1) is 6.20 Å². The van der Waals surface area contributed by atoms with Gasteiger partial charge >= 0.3 is 12.2 Å². The number of carbonyl (C=O) groups excluding carboxylic acids is 2. The fourth-order valence-corrected chi connectivity index (χ4v) is 3.70. The van der Waals surface area contributed by atoms with Crippen molar-refractivity contribution in [3.05, 3.63) is 46.7 Å². The zero-order chi connectivity index (χ0) is 27.7. The van der Waals surface area contributed by atoms with Gasteiger partial charge in [-0.05, 0) is 75.9 Å². The summed E-state index contributed by atoms with van der Waals surface area (Å²) >= 11 is 3.31. The van der Waals surface area contributed by atoms with Crippen molar-refractivity contribution in [2.45, 2.75) is 78.2 Å². The third kappa shape index (κ3) is 7.38. The fourth-order valence-electron chi connectivity index (χ4n) is 3.42. The molecule has 3 aromatic rings. The second-order valence-corrected chi connectivity index (χ2v) is 11.9. The van der Waals surface area contributed by atoms with E-state index in [-0.39, 0.29) is 17.3 Å². The summed E-state index contributed by atoms with van der Waals surface area (Å²) in [6, 6.07) is 10.3. The van der Waals surface area contributed by atoms with Crippen LogP contribution >= 0.6 is 15.9 Å². The monoisotopic (exact) mass is 585 g/mol. The maximum atomic E-state index is 13.2. The van der Waals surface area contributed by atoms with Gasteiger partial charge < -0.3 is 19.3 Å². The average Bonchev–Trinajstić information content (AvgIpc) is 3.50. The summed E-state index contributed by atoms with van der Waals surface area (Å²) in [7, 11) is 0. The van der Waals surface area contributed by atoms with Crippen LogP contribution in [0.2, 0.25) is 0 Å². The van der Waals surface area contributed by atoms with Gasteiger partial charge in [-0.1, -0.05) is 29.4 Å². The van der Waals surface area contributed by atoms with E-state index in [0.717, 1.165) is 17.0 Å². The lowest BCUT2D eigenvalue weighted by molar-refractivity contribution is 0.0429. The first kappa shape index (κ1) is 27.7. The van der Waals surface area contributed by atoms with Crippen molar-refractivity contribution >= 4 is 33.9 Å². The van der Waals surface area contributed by atoms with Crippen LogP contribution in [0, 0.1) is 0 Å². The van der Waals surface area contributed by atoms with E-state index in [1.54, 1.807) is 47.6 Å². The number of nitrogens with one attached hydrogen (secondary N) is 1. The molecule has 0 radical (unpaired) electrons. The molecule has 0 saturated heterocycles. The Morgan fingerprint density at radius 2 is 1.66 bits per heavy atom. The lowest BCUT2D eigenvalue weighted by atomic mass is 10.1. The van der Waals surface area contributed by atoms with Gasteiger partial charge in [0.15, 0.2) is 17.3 Å². The molecule has 38 heavy (non-hydrogen) atoms. The fraction of sp³-hybridized carbons (Fsp3) is 0.444. The Kier molecular flexibility index (Phi) is 7.89. The van der Waals surface area contributed by atoms with Crippen LogP contribution in [0.4, 0.5) is 15.4 Å². The lowest BCUT2D eigenvalue weighted by Gasteiger charge is -2.28. The number of halogens is 1. The normalized spacial score (nSPS) is 13.8. The molecule has 0 unspecified atom stereocenters. The maximum absolute atomic E-state index is 13.2. The van der Waals surface area contributed by atoms with Crippen LogP contribution in [0.25, 0.3) is 22.7 Å². The van der Waals surface area contributed by atoms with Gasteiger partial charge in [0.25, 0.3) is 0 Å². The van der Waals surface area contributed by atoms with Gasteiger partial charge in [0.1, 0.15) is 21.5 Å². The van der Waals surface area contributed by atoms with Crippen LogP contribution in [0.15, 0.2) is 45.7 Å². The minimum atomic E-state index is -0.959. The first-order valence-electron chi connectivity index (χ1n) is 12.4. The molecule has 0 aliphatic heterocycles. The third-order valence-corrected chi connectivity index (χ3v) is 5.64. The Morgan fingerprint density at radius 1 is 1.05 bits per heavy atom. The van der Waals surface area contributed by atoms with Crippen molar-refractivity contribution in [2.75, 3.05) is 4.90 Å². The molecule has 10 nitrogen and oxygen atoms in total. The summed E-state index contributed by atoms with van der Waals surface area (Å²) in [5.41, 5.74) is 0.946. The van der Waals surface area contributed by atoms with Crippen LogP contribution in [-0.2, 0) is 16.0 Å². The molecular formula is C27H32BrN5O5. The van der Waals surface area contributed by atoms with E-state index in [9.17, 15) is 9.59 Å². The molecule has 1 aliphatic rings. The summed E-state index contributed by atoms with van der Waals surface area (Å²) in [5.74, 6) is 0.0984. The second-order valence-electron chi connectivity index (χ2n) is 11.1. The van der Waals surface area contributed by atoms with Crippen molar-refractivity contribution < 1.29 is 23.6 Å². The van der Waals surface area contributed by atoms with Crippen molar-refractivity contribution in [1.29, 1.82) is 0 Å². The zero-order valence-electron chi connectivity index (χ0n) is 22.4. The minimum absolute atomic E-state index is 0.110. The molecule has 1 aromatic carbocycles. The van der Waals surface area contributed by atoms with Crippen LogP contribution in [-0.4, -0.2) is 44.6 Å². The van der Waals surface area contributed by atoms with Crippen LogP contribution in [0.1, 0.15) is 59.9 Å². The molecule has 1 fully saturated rings. The van der Waals surface area contributed by atoms with Gasteiger partial charge in [0.2, 0.25) is 0 Å². The lowest BCUT2D eigenvalue weighted by Crippen LogP contribution is -2.44. The molecule has 2 heterocycles. The minimum Gasteiger partial charge on any atom is -0.443 e. The molecule has 1 N–H and O–H groups in total. The Bertz CT molecular complexity index is 1280. The zero-order valence-corrected chi connectivity index (χ0v) is 24.0. The highest BCUT2D eigenvalue weighted by Gasteiger charge is 2.36. The standard InChI is InChI=1S/C27H32BrN5O5/c1-26(2,3)36-24(34)33(25(35)37-27(4,5)6)23-22(31-21(28)15-30-23)20-13-19(32-38-20)17-9-7-16(8-10-17)14-29-18-11-12-18/h7-10,13,15,18,29H,11-12,14H2,1-6H3. The van der Waals surface area contributed by atoms with Gasteiger partial charge in [0, 0.05) is 24.2 Å². The molecule has 1 aliphatic carbocycles. The van der Waals surface area contributed by atoms with Crippen LogP contribution in [0.5, 0.6) is 0 Å². The van der Waals surface area contributed by atoms with E-state index in [0.29, 0.717) is 16.3 Å². The summed E-state index contributed by atoms with van der Waals surface area (Å²) in [6.45, 7) is 11.0. The molecule has 0 bridgehead atoms. The van der Waals surface area contributed by atoms with E-state index in [2.05, 4.69) is 36.4 Å². The molecule has 2 aromatic heterocycles. The molecule has 202 valence electrons. The SMILES string of the molecule is CC(C)(C)OC(=O)N(C(=O)OC(C)(C)C)c1ncc(Br)nc1-c1cc(-c2ccc(CNC3CC3)cc2)no1. The van der Waals surface area contributed by atoms with Crippen LogP contribution in [0.3, 0.4) is 0 Å². The molecule has 11 heteroatoms. The number of rotatable bonds is 6.